The molecule has 4 rings (SSSR count). The number of nitrogens with one attached hydrogen (secondary N) is 1. The van der Waals surface area contributed by atoms with Gasteiger partial charge in [0.2, 0.25) is 11.9 Å². The largest absolute Gasteiger partial charge is 0.354 e. The monoisotopic (exact) mass is 411 g/mol. The van der Waals surface area contributed by atoms with Crippen LogP contribution < -0.4 is 15.1 Å². The van der Waals surface area contributed by atoms with Gasteiger partial charge in [0.15, 0.2) is 5.82 Å². The fourth-order valence-corrected chi connectivity index (χ4v) is 4.52. The Morgan fingerprint density at radius 3 is 2.60 bits per heavy atom. The number of benzene rings is 1. The van der Waals surface area contributed by atoms with Crippen molar-refractivity contribution >= 4 is 23.4 Å². The summed E-state index contributed by atoms with van der Waals surface area (Å²) in [6.07, 6.45) is 7.20. The van der Waals surface area contributed by atoms with Crippen molar-refractivity contribution in [2.45, 2.75) is 52.0 Å². The minimum absolute atomic E-state index is 0.0878. The predicted molar refractivity (Wildman–Crippen MR) is 117 cm³/mol. The number of anilines is 3. The van der Waals surface area contributed by atoms with Gasteiger partial charge in [-0.1, -0.05) is 25.0 Å². The Hall–Kier alpha value is -2.70. The van der Waals surface area contributed by atoms with E-state index >= 15 is 0 Å². The molecule has 2 heterocycles. The molecule has 1 aliphatic carbocycles. The average Bonchev–Trinajstić information content (AvgIpc) is 3.25. The van der Waals surface area contributed by atoms with Crippen molar-refractivity contribution in [3.8, 4) is 0 Å². The minimum atomic E-state index is -0.492. The number of amides is 1. The van der Waals surface area contributed by atoms with E-state index in [9.17, 15) is 9.18 Å². The van der Waals surface area contributed by atoms with Gasteiger partial charge in [0.05, 0.1) is 11.6 Å². The molecule has 0 spiro atoms. The summed E-state index contributed by atoms with van der Waals surface area (Å²) in [5.41, 5.74) is 1.33. The fraction of sp³-hybridized carbons (Fsp3) is 0.522. The maximum Gasteiger partial charge on any atom is 0.234 e. The highest BCUT2D eigenvalue weighted by molar-refractivity contribution is 6.00. The number of hydrogen-bond donors (Lipinski definition) is 1. The van der Waals surface area contributed by atoms with Gasteiger partial charge in [0.1, 0.15) is 11.5 Å². The summed E-state index contributed by atoms with van der Waals surface area (Å²) >= 11 is 0. The summed E-state index contributed by atoms with van der Waals surface area (Å²) in [5, 5.41) is 3.29. The van der Waals surface area contributed by atoms with Gasteiger partial charge >= 0.3 is 0 Å². The van der Waals surface area contributed by atoms with E-state index in [1.807, 2.05) is 20.9 Å². The molecule has 2 aliphatic rings. The van der Waals surface area contributed by atoms with Crippen molar-refractivity contribution in [1.29, 1.82) is 0 Å². The van der Waals surface area contributed by atoms with E-state index in [-0.39, 0.29) is 11.7 Å². The summed E-state index contributed by atoms with van der Waals surface area (Å²) in [6, 6.07) is 6.94. The van der Waals surface area contributed by atoms with Crippen molar-refractivity contribution in [3.05, 3.63) is 41.8 Å². The van der Waals surface area contributed by atoms with E-state index in [4.69, 9.17) is 4.98 Å². The molecule has 1 aromatic heterocycles. The van der Waals surface area contributed by atoms with Gasteiger partial charge < -0.3 is 15.1 Å². The van der Waals surface area contributed by atoms with Crippen molar-refractivity contribution in [2.75, 3.05) is 35.3 Å². The zero-order valence-electron chi connectivity index (χ0n) is 18.0. The van der Waals surface area contributed by atoms with Gasteiger partial charge in [-0.3, -0.25) is 4.79 Å². The van der Waals surface area contributed by atoms with Crippen LogP contribution in [0, 0.1) is 11.2 Å². The molecule has 2 aromatic rings. The number of nitrogens with zero attached hydrogens (tertiary/aromatic N) is 4. The second-order valence-electron chi connectivity index (χ2n) is 9.02. The smallest absolute Gasteiger partial charge is 0.234 e. The Kier molecular flexibility index (Phi) is 5.62. The number of hydrogen-bond acceptors (Lipinski definition) is 5. The molecule has 30 heavy (non-hydrogen) atoms. The van der Waals surface area contributed by atoms with Crippen molar-refractivity contribution < 1.29 is 9.18 Å². The van der Waals surface area contributed by atoms with Crippen LogP contribution in [0.15, 0.2) is 30.5 Å². The molecule has 1 aromatic carbocycles. The molecule has 1 aliphatic heterocycles. The summed E-state index contributed by atoms with van der Waals surface area (Å²) in [4.78, 5) is 26.4. The molecule has 7 heteroatoms. The first kappa shape index (κ1) is 20.6. The van der Waals surface area contributed by atoms with Crippen molar-refractivity contribution in [3.63, 3.8) is 0 Å². The predicted octanol–water partition coefficient (Wildman–Crippen LogP) is 4.02. The Morgan fingerprint density at radius 2 is 1.90 bits per heavy atom. The molecular formula is C23H30FN5O. The first-order valence-electron chi connectivity index (χ1n) is 10.8. The Morgan fingerprint density at radius 1 is 1.20 bits per heavy atom. The van der Waals surface area contributed by atoms with E-state index < -0.39 is 5.41 Å². The molecule has 1 fully saturated rings. The molecule has 1 amide bonds. The van der Waals surface area contributed by atoms with Gasteiger partial charge in [0, 0.05) is 26.2 Å². The van der Waals surface area contributed by atoms with E-state index in [0.717, 1.165) is 36.3 Å². The minimum Gasteiger partial charge on any atom is -0.354 e. The highest BCUT2D eigenvalue weighted by atomic mass is 19.1. The summed E-state index contributed by atoms with van der Waals surface area (Å²) in [6.45, 7) is 5.32. The second kappa shape index (κ2) is 8.20. The van der Waals surface area contributed by atoms with Crippen LogP contribution in [-0.4, -0.2) is 42.1 Å². The van der Waals surface area contributed by atoms with Gasteiger partial charge in [-0.15, -0.1) is 0 Å². The first-order valence-corrected chi connectivity index (χ1v) is 10.8. The fourth-order valence-electron chi connectivity index (χ4n) is 4.52. The lowest BCUT2D eigenvalue weighted by Gasteiger charge is -2.34. The van der Waals surface area contributed by atoms with Crippen LogP contribution in [0.25, 0.3) is 0 Å². The third-order valence-electron chi connectivity index (χ3n) is 6.21. The maximum absolute atomic E-state index is 13.1. The van der Waals surface area contributed by atoms with Crippen molar-refractivity contribution in [2.24, 2.45) is 5.41 Å². The van der Waals surface area contributed by atoms with Gasteiger partial charge in [-0.25, -0.2) is 9.37 Å². The van der Waals surface area contributed by atoms with E-state index in [0.29, 0.717) is 25.1 Å². The Labute approximate surface area is 177 Å². The van der Waals surface area contributed by atoms with Crippen LogP contribution in [0.4, 0.5) is 21.8 Å². The molecular weight excluding hydrogens is 381 g/mol. The molecule has 0 unspecified atom stereocenters. The van der Waals surface area contributed by atoms with E-state index in [1.54, 1.807) is 23.2 Å². The molecule has 0 bridgehead atoms. The quantitative estimate of drug-likeness (QED) is 0.805. The number of halogens is 1. The zero-order valence-corrected chi connectivity index (χ0v) is 18.0. The SMILES string of the molecule is CN1C(=O)C(C)(C)CN(C2CCCC2)c2nc(NCCc3ccc(F)cc3)ncc21. The number of fused-ring (bicyclic) bond motifs is 1. The van der Waals surface area contributed by atoms with Gasteiger partial charge in [0.25, 0.3) is 0 Å². The lowest BCUT2D eigenvalue weighted by molar-refractivity contribution is -0.125. The molecule has 0 saturated heterocycles. The lowest BCUT2D eigenvalue weighted by Crippen LogP contribution is -2.45. The van der Waals surface area contributed by atoms with E-state index in [2.05, 4.69) is 15.2 Å². The summed E-state index contributed by atoms with van der Waals surface area (Å²) < 4.78 is 13.1. The molecule has 1 saturated carbocycles. The van der Waals surface area contributed by atoms with Crippen LogP contribution in [0.3, 0.4) is 0 Å². The first-order chi connectivity index (χ1) is 14.3. The Balaban J connectivity index is 1.57. The van der Waals surface area contributed by atoms with Gasteiger partial charge in [-0.05, 0) is 50.8 Å². The highest BCUT2D eigenvalue weighted by Crippen LogP contribution is 2.40. The van der Waals surface area contributed by atoms with E-state index in [1.165, 1.54) is 25.0 Å². The van der Waals surface area contributed by atoms with Crippen LogP contribution in [-0.2, 0) is 11.2 Å². The van der Waals surface area contributed by atoms with Crippen LogP contribution >= 0.6 is 0 Å². The average molecular weight is 412 g/mol. The molecule has 1 N–H and O–H groups in total. The Bertz CT molecular complexity index is 908. The third-order valence-corrected chi connectivity index (χ3v) is 6.21. The highest BCUT2D eigenvalue weighted by Gasteiger charge is 2.41. The number of carbonyl (C=O) groups is 1. The lowest BCUT2D eigenvalue weighted by atomic mass is 9.91. The van der Waals surface area contributed by atoms with Crippen LogP contribution in [0.5, 0.6) is 0 Å². The van der Waals surface area contributed by atoms with Crippen LogP contribution in [0.2, 0.25) is 0 Å². The summed E-state index contributed by atoms with van der Waals surface area (Å²) in [5.74, 6) is 1.25. The number of rotatable bonds is 5. The molecule has 160 valence electrons. The van der Waals surface area contributed by atoms with Crippen LogP contribution in [0.1, 0.15) is 45.1 Å². The molecule has 6 nitrogen and oxygen atoms in total. The van der Waals surface area contributed by atoms with Gasteiger partial charge in [-0.2, -0.15) is 4.98 Å². The standard InChI is InChI=1S/C23H30FN5O/c1-23(2)15-29(18-6-4-5-7-18)20-19(28(3)21(23)30)14-26-22(27-20)25-13-12-16-8-10-17(24)11-9-16/h8-11,14,18H,4-7,12-13,15H2,1-3H3,(H,25,26,27). The number of aromatic nitrogens is 2. The van der Waals surface area contributed by atoms with Crippen molar-refractivity contribution in [1.82, 2.24) is 9.97 Å². The zero-order chi connectivity index (χ0) is 21.3. The second-order valence-corrected chi connectivity index (χ2v) is 9.02. The normalized spacial score (nSPS) is 19.0. The maximum atomic E-state index is 13.1. The third kappa shape index (κ3) is 4.11. The number of carbonyl (C=O) groups excluding carboxylic acids is 1. The molecule has 0 radical (unpaired) electrons. The summed E-state index contributed by atoms with van der Waals surface area (Å²) in [7, 11) is 1.81. The topological polar surface area (TPSA) is 61.4 Å². The molecule has 0 atom stereocenters.